The minimum absolute atomic E-state index is 0.0329. The fraction of sp³-hybridized carbons (Fsp3) is 0.500. The van der Waals surface area contributed by atoms with Gasteiger partial charge in [-0.05, 0) is 30.5 Å². The van der Waals surface area contributed by atoms with Gasteiger partial charge in [0.2, 0.25) is 5.91 Å². The molecular formula is C16H19F3N2O3. The third-order valence-electron chi connectivity index (χ3n) is 4.03. The molecule has 1 aliphatic heterocycles. The summed E-state index contributed by atoms with van der Waals surface area (Å²) in [7, 11) is 0. The standard InChI is InChI=1S/C16H19F3N2O3/c1-9-3-4-21(8-14(9)23)15(24)11-5-12(16(17,18)19)7-13(6-11)20-10(2)22/h5-7,9,14,23H,3-4,8H2,1-2H3,(H,20,22). The first kappa shape index (κ1) is 18.3. The molecule has 0 bridgehead atoms. The maximum Gasteiger partial charge on any atom is 0.416 e. The van der Waals surface area contributed by atoms with Crippen LogP contribution in [0.1, 0.15) is 36.2 Å². The summed E-state index contributed by atoms with van der Waals surface area (Å²) >= 11 is 0. The number of β-amino-alcohol motifs (C(OH)–C–C–N with tert-alkyl or cyclic N) is 1. The van der Waals surface area contributed by atoms with Crippen molar-refractivity contribution in [3.8, 4) is 0 Å². The predicted octanol–water partition coefficient (Wildman–Crippen LogP) is 2.51. The number of hydrogen-bond acceptors (Lipinski definition) is 3. The Kier molecular flexibility index (Phi) is 5.17. The summed E-state index contributed by atoms with van der Waals surface area (Å²) in [5.74, 6) is -1.10. The number of aliphatic hydroxyl groups is 1. The molecule has 1 aromatic carbocycles. The molecule has 24 heavy (non-hydrogen) atoms. The average molecular weight is 344 g/mol. The second-order valence-electron chi connectivity index (χ2n) is 6.06. The van der Waals surface area contributed by atoms with Gasteiger partial charge in [-0.15, -0.1) is 0 Å². The lowest BCUT2D eigenvalue weighted by Crippen LogP contribution is -2.45. The van der Waals surface area contributed by atoms with E-state index in [0.717, 1.165) is 12.1 Å². The monoisotopic (exact) mass is 344 g/mol. The van der Waals surface area contributed by atoms with E-state index in [1.54, 1.807) is 0 Å². The number of carbonyl (C=O) groups excluding carboxylic acids is 2. The molecule has 2 unspecified atom stereocenters. The predicted molar refractivity (Wildman–Crippen MR) is 81.4 cm³/mol. The van der Waals surface area contributed by atoms with Crippen LogP contribution in [0.15, 0.2) is 18.2 Å². The lowest BCUT2D eigenvalue weighted by atomic mass is 9.95. The van der Waals surface area contributed by atoms with Crippen LogP contribution in [-0.2, 0) is 11.0 Å². The van der Waals surface area contributed by atoms with E-state index < -0.39 is 29.7 Å². The minimum atomic E-state index is -4.64. The van der Waals surface area contributed by atoms with Gasteiger partial charge in [-0.1, -0.05) is 6.92 Å². The molecule has 2 rings (SSSR count). The number of carbonyl (C=O) groups is 2. The number of likely N-dealkylation sites (tertiary alicyclic amines) is 1. The fourth-order valence-corrected chi connectivity index (χ4v) is 2.61. The second-order valence-corrected chi connectivity index (χ2v) is 6.06. The van der Waals surface area contributed by atoms with Gasteiger partial charge in [-0.25, -0.2) is 0 Å². The highest BCUT2D eigenvalue weighted by Crippen LogP contribution is 2.32. The van der Waals surface area contributed by atoms with Crippen LogP contribution < -0.4 is 5.32 Å². The summed E-state index contributed by atoms with van der Waals surface area (Å²) in [4.78, 5) is 25.0. The van der Waals surface area contributed by atoms with Crippen LogP contribution in [0.5, 0.6) is 0 Å². The number of aliphatic hydroxyl groups excluding tert-OH is 1. The van der Waals surface area contributed by atoms with Crippen molar-refractivity contribution in [2.24, 2.45) is 5.92 Å². The molecule has 2 N–H and O–H groups in total. The number of hydrogen-bond donors (Lipinski definition) is 2. The second kappa shape index (κ2) is 6.80. The van der Waals surface area contributed by atoms with Gasteiger partial charge in [0, 0.05) is 31.3 Å². The van der Waals surface area contributed by atoms with Crippen molar-refractivity contribution < 1.29 is 27.9 Å². The van der Waals surface area contributed by atoms with Gasteiger partial charge in [-0.2, -0.15) is 13.2 Å². The first-order chi connectivity index (χ1) is 11.1. The number of benzene rings is 1. The van der Waals surface area contributed by atoms with Crippen molar-refractivity contribution in [1.29, 1.82) is 0 Å². The van der Waals surface area contributed by atoms with Crippen molar-refractivity contribution in [2.45, 2.75) is 32.5 Å². The number of anilines is 1. The Bertz CT molecular complexity index is 646. The highest BCUT2D eigenvalue weighted by molar-refractivity contribution is 5.97. The fourth-order valence-electron chi connectivity index (χ4n) is 2.61. The van der Waals surface area contributed by atoms with E-state index in [2.05, 4.69) is 5.32 Å². The summed E-state index contributed by atoms with van der Waals surface area (Å²) in [5, 5.41) is 12.1. The van der Waals surface area contributed by atoms with Crippen LogP contribution in [-0.4, -0.2) is 41.0 Å². The molecule has 2 atom stereocenters. The number of nitrogens with one attached hydrogen (secondary N) is 1. The van der Waals surface area contributed by atoms with Crippen LogP contribution >= 0.6 is 0 Å². The van der Waals surface area contributed by atoms with E-state index >= 15 is 0 Å². The Morgan fingerprint density at radius 1 is 1.29 bits per heavy atom. The Morgan fingerprint density at radius 2 is 1.96 bits per heavy atom. The summed E-state index contributed by atoms with van der Waals surface area (Å²) in [5.41, 5.74) is -1.27. The van der Waals surface area contributed by atoms with Gasteiger partial charge in [-0.3, -0.25) is 9.59 Å². The maximum absolute atomic E-state index is 13.0. The van der Waals surface area contributed by atoms with Gasteiger partial charge in [0.05, 0.1) is 11.7 Å². The highest BCUT2D eigenvalue weighted by Gasteiger charge is 2.33. The van der Waals surface area contributed by atoms with E-state index in [-0.39, 0.29) is 23.7 Å². The lowest BCUT2D eigenvalue weighted by molar-refractivity contribution is -0.137. The Morgan fingerprint density at radius 3 is 2.50 bits per heavy atom. The van der Waals surface area contributed by atoms with Crippen molar-refractivity contribution >= 4 is 17.5 Å². The first-order valence-electron chi connectivity index (χ1n) is 7.55. The molecule has 2 amide bonds. The van der Waals surface area contributed by atoms with Gasteiger partial charge >= 0.3 is 6.18 Å². The van der Waals surface area contributed by atoms with E-state index in [4.69, 9.17) is 0 Å². The SMILES string of the molecule is CC(=O)Nc1cc(C(=O)N2CCC(C)C(O)C2)cc(C(F)(F)F)c1. The van der Waals surface area contributed by atoms with Crippen LogP contribution in [0.25, 0.3) is 0 Å². The zero-order valence-corrected chi connectivity index (χ0v) is 13.4. The number of halogens is 3. The van der Waals surface area contributed by atoms with Gasteiger partial charge in [0.25, 0.3) is 5.91 Å². The number of piperidine rings is 1. The number of rotatable bonds is 2. The Hall–Kier alpha value is -2.09. The number of nitrogens with zero attached hydrogens (tertiary/aromatic N) is 1. The van der Waals surface area contributed by atoms with Gasteiger partial charge in [0.15, 0.2) is 0 Å². The largest absolute Gasteiger partial charge is 0.416 e. The molecule has 1 aromatic rings. The van der Waals surface area contributed by atoms with Crippen LogP contribution in [0.2, 0.25) is 0 Å². The van der Waals surface area contributed by atoms with Crippen molar-refractivity contribution in [2.75, 3.05) is 18.4 Å². The molecule has 8 heteroatoms. The van der Waals surface area contributed by atoms with Crippen molar-refractivity contribution in [1.82, 2.24) is 4.90 Å². The zero-order chi connectivity index (χ0) is 18.1. The summed E-state index contributed by atoms with van der Waals surface area (Å²) < 4.78 is 39.1. The van der Waals surface area contributed by atoms with Crippen molar-refractivity contribution in [3.63, 3.8) is 0 Å². The highest BCUT2D eigenvalue weighted by atomic mass is 19.4. The molecule has 0 aromatic heterocycles. The van der Waals surface area contributed by atoms with Gasteiger partial charge in [0.1, 0.15) is 0 Å². The maximum atomic E-state index is 13.0. The minimum Gasteiger partial charge on any atom is -0.391 e. The molecule has 1 aliphatic rings. The van der Waals surface area contributed by atoms with Gasteiger partial charge < -0.3 is 15.3 Å². The average Bonchev–Trinajstić information content (AvgIpc) is 2.47. The smallest absolute Gasteiger partial charge is 0.391 e. The summed E-state index contributed by atoms with van der Waals surface area (Å²) in [6, 6.07) is 2.76. The molecule has 0 spiro atoms. The molecule has 132 valence electrons. The zero-order valence-electron chi connectivity index (χ0n) is 13.4. The molecule has 0 saturated carbocycles. The lowest BCUT2D eigenvalue weighted by Gasteiger charge is -2.34. The molecule has 5 nitrogen and oxygen atoms in total. The van der Waals surface area contributed by atoms with Crippen molar-refractivity contribution in [3.05, 3.63) is 29.3 Å². The topological polar surface area (TPSA) is 69.6 Å². The molecule has 1 fully saturated rings. The van der Waals surface area contributed by atoms with Crippen LogP contribution in [0, 0.1) is 5.92 Å². The number of amides is 2. The quantitative estimate of drug-likeness (QED) is 0.866. The van der Waals surface area contributed by atoms with Crippen LogP contribution in [0.4, 0.5) is 18.9 Å². The Labute approximate surface area is 137 Å². The normalized spacial score (nSPS) is 21.5. The molecular weight excluding hydrogens is 325 g/mol. The number of alkyl halides is 3. The van der Waals surface area contributed by atoms with E-state index in [0.29, 0.717) is 13.0 Å². The summed E-state index contributed by atoms with van der Waals surface area (Å²) in [6.45, 7) is 3.46. The molecule has 0 aliphatic carbocycles. The van der Waals surface area contributed by atoms with E-state index in [1.165, 1.54) is 17.9 Å². The third-order valence-corrected chi connectivity index (χ3v) is 4.03. The van der Waals surface area contributed by atoms with E-state index in [1.807, 2.05) is 6.92 Å². The molecule has 0 radical (unpaired) electrons. The molecule has 1 heterocycles. The van der Waals surface area contributed by atoms with Crippen LogP contribution in [0.3, 0.4) is 0 Å². The molecule has 1 saturated heterocycles. The summed E-state index contributed by atoms with van der Waals surface area (Å²) in [6.07, 6.45) is -4.77. The van der Waals surface area contributed by atoms with E-state index in [9.17, 15) is 27.9 Å². The Balaban J connectivity index is 2.34. The third kappa shape index (κ3) is 4.25. The first-order valence-corrected chi connectivity index (χ1v) is 7.55.